The number of aliphatic hydroxyl groups excluding tert-OH is 1. The van der Waals surface area contributed by atoms with Crippen LogP contribution in [0.2, 0.25) is 0 Å². The van der Waals surface area contributed by atoms with E-state index >= 15 is 0 Å². The molecule has 23 heavy (non-hydrogen) atoms. The summed E-state index contributed by atoms with van der Waals surface area (Å²) in [6, 6.07) is 6.80. The minimum atomic E-state index is -4.32. The lowest BCUT2D eigenvalue weighted by Gasteiger charge is -2.35. The largest absolute Gasteiger partial charge is 0.484 e. The molecule has 1 atom stereocenters. The zero-order valence-corrected chi connectivity index (χ0v) is 13.2. The second kappa shape index (κ2) is 7.99. The maximum Gasteiger partial charge on any atom is 0.422 e. The summed E-state index contributed by atoms with van der Waals surface area (Å²) in [7, 11) is 0. The standard InChI is InChI=1S/C16H23F3N2O2/c1-13(22)10-20-5-7-21(8-6-20)11-14-3-2-4-15(9-14)23-12-16(17,18)19/h2-4,9,13,22H,5-8,10-12H2,1H3/t13-/m0/s1. The Balaban J connectivity index is 1.82. The fraction of sp³-hybridized carbons (Fsp3) is 0.625. The van der Waals surface area contributed by atoms with Gasteiger partial charge in [0.05, 0.1) is 6.10 Å². The number of ether oxygens (including phenoxy) is 1. The highest BCUT2D eigenvalue weighted by atomic mass is 19.4. The fourth-order valence-electron chi connectivity index (χ4n) is 2.66. The van der Waals surface area contributed by atoms with Gasteiger partial charge in [0.25, 0.3) is 0 Å². The Kier molecular flexibility index (Phi) is 6.26. The van der Waals surface area contributed by atoms with Crippen molar-refractivity contribution in [1.29, 1.82) is 0 Å². The zero-order valence-electron chi connectivity index (χ0n) is 13.2. The summed E-state index contributed by atoms with van der Waals surface area (Å²) >= 11 is 0. The van der Waals surface area contributed by atoms with Gasteiger partial charge in [-0.25, -0.2) is 0 Å². The maximum atomic E-state index is 12.2. The van der Waals surface area contributed by atoms with E-state index < -0.39 is 12.8 Å². The van der Waals surface area contributed by atoms with Gasteiger partial charge in [-0.3, -0.25) is 9.80 Å². The monoisotopic (exact) mass is 332 g/mol. The van der Waals surface area contributed by atoms with Crippen LogP contribution in [0, 0.1) is 0 Å². The van der Waals surface area contributed by atoms with Gasteiger partial charge in [0.1, 0.15) is 5.75 Å². The first-order chi connectivity index (χ1) is 10.8. The number of halogens is 3. The number of hydrogen-bond acceptors (Lipinski definition) is 4. The molecule has 1 aromatic carbocycles. The van der Waals surface area contributed by atoms with Crippen molar-refractivity contribution >= 4 is 0 Å². The molecule has 1 saturated heterocycles. The summed E-state index contributed by atoms with van der Waals surface area (Å²) in [5.74, 6) is 0.243. The Bertz CT molecular complexity index is 486. The minimum Gasteiger partial charge on any atom is -0.484 e. The minimum absolute atomic E-state index is 0.243. The molecule has 0 radical (unpaired) electrons. The van der Waals surface area contributed by atoms with Crippen molar-refractivity contribution in [2.45, 2.75) is 25.7 Å². The fourth-order valence-corrected chi connectivity index (χ4v) is 2.66. The molecule has 0 unspecified atom stereocenters. The quantitative estimate of drug-likeness (QED) is 0.866. The van der Waals surface area contributed by atoms with Crippen molar-refractivity contribution in [3.05, 3.63) is 29.8 Å². The van der Waals surface area contributed by atoms with E-state index in [4.69, 9.17) is 4.74 Å². The molecule has 1 aliphatic heterocycles. The highest BCUT2D eigenvalue weighted by Gasteiger charge is 2.28. The molecule has 0 saturated carbocycles. The molecular formula is C16H23F3N2O2. The van der Waals surface area contributed by atoms with E-state index in [2.05, 4.69) is 9.80 Å². The Morgan fingerprint density at radius 2 is 1.83 bits per heavy atom. The molecule has 1 fully saturated rings. The smallest absolute Gasteiger partial charge is 0.422 e. The van der Waals surface area contributed by atoms with Gasteiger partial charge in [-0.05, 0) is 24.6 Å². The van der Waals surface area contributed by atoms with Crippen LogP contribution in [0.1, 0.15) is 12.5 Å². The third kappa shape index (κ3) is 6.76. The van der Waals surface area contributed by atoms with Gasteiger partial charge in [-0.2, -0.15) is 13.2 Å². The Labute approximate surface area is 134 Å². The summed E-state index contributed by atoms with van der Waals surface area (Å²) in [6.45, 7) is 5.39. The van der Waals surface area contributed by atoms with Crippen LogP contribution in [0.25, 0.3) is 0 Å². The van der Waals surface area contributed by atoms with Gasteiger partial charge in [0.15, 0.2) is 6.61 Å². The number of hydrogen-bond donors (Lipinski definition) is 1. The molecule has 1 heterocycles. The van der Waals surface area contributed by atoms with Gasteiger partial charge in [0.2, 0.25) is 0 Å². The molecule has 130 valence electrons. The average molecular weight is 332 g/mol. The number of alkyl halides is 3. The lowest BCUT2D eigenvalue weighted by atomic mass is 10.2. The summed E-state index contributed by atoms with van der Waals surface area (Å²) in [6.07, 6.45) is -4.65. The molecule has 0 aromatic heterocycles. The highest BCUT2D eigenvalue weighted by Crippen LogP contribution is 2.20. The Hall–Kier alpha value is -1.31. The van der Waals surface area contributed by atoms with Crippen molar-refractivity contribution in [2.75, 3.05) is 39.3 Å². The van der Waals surface area contributed by atoms with Crippen LogP contribution >= 0.6 is 0 Å². The van der Waals surface area contributed by atoms with Crippen LogP contribution in [-0.4, -0.2) is 66.5 Å². The van der Waals surface area contributed by atoms with Crippen LogP contribution in [0.5, 0.6) is 5.75 Å². The predicted molar refractivity (Wildman–Crippen MR) is 81.4 cm³/mol. The lowest BCUT2D eigenvalue weighted by Crippen LogP contribution is -2.47. The van der Waals surface area contributed by atoms with E-state index in [1.54, 1.807) is 19.1 Å². The van der Waals surface area contributed by atoms with Crippen LogP contribution < -0.4 is 4.74 Å². The van der Waals surface area contributed by atoms with Crippen LogP contribution in [-0.2, 0) is 6.54 Å². The van der Waals surface area contributed by atoms with Crippen molar-refractivity contribution in [3.8, 4) is 5.75 Å². The normalized spacial score (nSPS) is 18.8. The molecule has 1 aromatic rings. The maximum absolute atomic E-state index is 12.2. The number of aliphatic hydroxyl groups is 1. The van der Waals surface area contributed by atoms with Crippen molar-refractivity contribution in [2.24, 2.45) is 0 Å². The van der Waals surface area contributed by atoms with E-state index in [1.807, 2.05) is 6.07 Å². The molecule has 1 N–H and O–H groups in total. The van der Waals surface area contributed by atoms with Crippen LogP contribution in [0.4, 0.5) is 13.2 Å². The highest BCUT2D eigenvalue weighted by molar-refractivity contribution is 5.28. The van der Waals surface area contributed by atoms with Crippen molar-refractivity contribution in [1.82, 2.24) is 9.80 Å². The van der Waals surface area contributed by atoms with E-state index in [1.165, 1.54) is 6.07 Å². The average Bonchev–Trinajstić information content (AvgIpc) is 2.46. The molecule has 1 aliphatic rings. The van der Waals surface area contributed by atoms with Crippen LogP contribution in [0.3, 0.4) is 0 Å². The van der Waals surface area contributed by atoms with Gasteiger partial charge >= 0.3 is 6.18 Å². The van der Waals surface area contributed by atoms with Crippen molar-refractivity contribution in [3.63, 3.8) is 0 Å². The summed E-state index contributed by atoms with van der Waals surface area (Å²) in [5.41, 5.74) is 0.939. The molecular weight excluding hydrogens is 309 g/mol. The van der Waals surface area contributed by atoms with Crippen molar-refractivity contribution < 1.29 is 23.0 Å². The first kappa shape index (κ1) is 18.0. The molecule has 0 spiro atoms. The third-order valence-electron chi connectivity index (χ3n) is 3.69. The van der Waals surface area contributed by atoms with Gasteiger partial charge < -0.3 is 9.84 Å². The molecule has 2 rings (SSSR count). The number of piperazine rings is 1. The molecule has 0 amide bonds. The Morgan fingerprint density at radius 3 is 2.43 bits per heavy atom. The topological polar surface area (TPSA) is 35.9 Å². The second-order valence-electron chi connectivity index (χ2n) is 5.98. The van der Waals surface area contributed by atoms with E-state index in [9.17, 15) is 18.3 Å². The second-order valence-corrected chi connectivity index (χ2v) is 5.98. The van der Waals surface area contributed by atoms with Gasteiger partial charge in [-0.15, -0.1) is 0 Å². The van der Waals surface area contributed by atoms with E-state index in [0.29, 0.717) is 13.1 Å². The summed E-state index contributed by atoms with van der Waals surface area (Å²) < 4.78 is 41.3. The number of β-amino-alcohol motifs (C(OH)–C–C–N with tert-alkyl or cyclic N) is 1. The number of rotatable bonds is 6. The van der Waals surface area contributed by atoms with Gasteiger partial charge in [0, 0.05) is 39.3 Å². The zero-order chi connectivity index (χ0) is 16.9. The van der Waals surface area contributed by atoms with Gasteiger partial charge in [-0.1, -0.05) is 12.1 Å². The summed E-state index contributed by atoms with van der Waals surface area (Å²) in [5, 5.41) is 9.39. The van der Waals surface area contributed by atoms with E-state index in [0.717, 1.165) is 31.7 Å². The first-order valence-electron chi connectivity index (χ1n) is 7.73. The SMILES string of the molecule is C[C@H](O)CN1CCN(Cc2cccc(OCC(F)(F)F)c2)CC1. The summed E-state index contributed by atoms with van der Waals surface area (Å²) in [4.78, 5) is 4.46. The third-order valence-corrected chi connectivity index (χ3v) is 3.69. The van der Waals surface area contributed by atoms with Crippen LogP contribution in [0.15, 0.2) is 24.3 Å². The Morgan fingerprint density at radius 1 is 1.17 bits per heavy atom. The molecule has 7 heteroatoms. The first-order valence-corrected chi connectivity index (χ1v) is 7.73. The lowest BCUT2D eigenvalue weighted by molar-refractivity contribution is -0.153. The van der Waals surface area contributed by atoms with E-state index in [-0.39, 0.29) is 11.9 Å². The molecule has 0 bridgehead atoms. The predicted octanol–water partition coefficient (Wildman–Crippen LogP) is 2.13. The number of benzene rings is 1. The molecule has 4 nitrogen and oxygen atoms in total. The molecule has 0 aliphatic carbocycles. The number of nitrogens with zero attached hydrogens (tertiary/aromatic N) is 2.